The number of fused-ring (bicyclic) bond motifs is 1. The second kappa shape index (κ2) is 4.63. The summed E-state index contributed by atoms with van der Waals surface area (Å²) in [4.78, 5) is 12.3. The van der Waals surface area contributed by atoms with Gasteiger partial charge in [-0.15, -0.1) is 0 Å². The molecule has 21 heavy (non-hydrogen) atoms. The zero-order valence-electron chi connectivity index (χ0n) is 11.1. The molecular formula is C16H11FO4. The van der Waals surface area contributed by atoms with E-state index >= 15 is 0 Å². The van der Waals surface area contributed by atoms with Gasteiger partial charge in [-0.2, -0.15) is 0 Å². The smallest absolute Gasteiger partial charge is 0.199 e. The highest BCUT2D eigenvalue weighted by atomic mass is 19.1. The molecule has 0 atom stereocenters. The Hall–Kier alpha value is -2.82. The average Bonchev–Trinajstić information content (AvgIpc) is 2.43. The fraction of sp³-hybridized carbons (Fsp3) is 0.0625. The van der Waals surface area contributed by atoms with Crippen LogP contribution in [0.15, 0.2) is 45.6 Å². The van der Waals surface area contributed by atoms with E-state index < -0.39 is 11.2 Å². The Balaban J connectivity index is 2.37. The average molecular weight is 286 g/mol. The highest BCUT2D eigenvalue weighted by Gasteiger charge is 2.16. The van der Waals surface area contributed by atoms with Crippen LogP contribution in [0.1, 0.15) is 5.56 Å². The molecule has 5 heteroatoms. The molecule has 3 rings (SSSR count). The van der Waals surface area contributed by atoms with Crippen molar-refractivity contribution >= 4 is 11.0 Å². The van der Waals surface area contributed by atoms with E-state index in [-0.39, 0.29) is 28.2 Å². The van der Waals surface area contributed by atoms with E-state index in [9.17, 15) is 19.4 Å². The minimum Gasteiger partial charge on any atom is -0.508 e. The summed E-state index contributed by atoms with van der Waals surface area (Å²) in [7, 11) is 0. The monoisotopic (exact) mass is 286 g/mol. The molecule has 0 saturated heterocycles. The van der Waals surface area contributed by atoms with Crippen molar-refractivity contribution in [1.29, 1.82) is 0 Å². The summed E-state index contributed by atoms with van der Waals surface area (Å²) in [5.41, 5.74) is 0.515. The summed E-state index contributed by atoms with van der Waals surface area (Å²) in [6.07, 6.45) is 0. The Kier molecular flexibility index (Phi) is 2.90. The quantitative estimate of drug-likeness (QED) is 0.720. The van der Waals surface area contributed by atoms with E-state index in [1.807, 2.05) is 0 Å². The number of aromatic hydroxyl groups is 2. The zero-order valence-corrected chi connectivity index (χ0v) is 11.1. The first-order valence-corrected chi connectivity index (χ1v) is 6.22. The number of phenolic OH excluding ortho intramolecular Hbond substituents is 2. The second-order valence-corrected chi connectivity index (χ2v) is 4.73. The van der Waals surface area contributed by atoms with Gasteiger partial charge >= 0.3 is 0 Å². The molecular weight excluding hydrogens is 275 g/mol. The van der Waals surface area contributed by atoms with Crippen LogP contribution in [0, 0.1) is 12.7 Å². The molecule has 0 unspecified atom stereocenters. The molecule has 0 aliphatic carbocycles. The molecule has 0 radical (unpaired) electrons. The van der Waals surface area contributed by atoms with Crippen LogP contribution < -0.4 is 5.43 Å². The van der Waals surface area contributed by atoms with Crippen LogP contribution in [0.25, 0.3) is 22.3 Å². The predicted molar refractivity (Wildman–Crippen MR) is 75.9 cm³/mol. The molecule has 0 aliphatic heterocycles. The largest absolute Gasteiger partial charge is 0.508 e. The lowest BCUT2D eigenvalue weighted by Gasteiger charge is -2.08. The maximum atomic E-state index is 13.0. The van der Waals surface area contributed by atoms with Gasteiger partial charge in [0.05, 0.1) is 0 Å². The van der Waals surface area contributed by atoms with Gasteiger partial charge in [-0.05, 0) is 31.2 Å². The van der Waals surface area contributed by atoms with Crippen molar-refractivity contribution in [2.75, 3.05) is 0 Å². The fourth-order valence-corrected chi connectivity index (χ4v) is 2.25. The number of benzene rings is 2. The zero-order chi connectivity index (χ0) is 15.1. The van der Waals surface area contributed by atoms with Crippen LogP contribution >= 0.6 is 0 Å². The minimum atomic E-state index is -0.395. The van der Waals surface area contributed by atoms with E-state index in [1.54, 1.807) is 6.92 Å². The van der Waals surface area contributed by atoms with Crippen molar-refractivity contribution in [3.63, 3.8) is 0 Å². The lowest BCUT2D eigenvalue weighted by molar-refractivity contribution is 0.452. The Morgan fingerprint density at radius 1 is 1.10 bits per heavy atom. The lowest BCUT2D eigenvalue weighted by atomic mass is 10.1. The Morgan fingerprint density at radius 2 is 1.76 bits per heavy atom. The van der Waals surface area contributed by atoms with Crippen LogP contribution in [0.2, 0.25) is 0 Å². The molecule has 0 amide bonds. The van der Waals surface area contributed by atoms with Crippen LogP contribution in [-0.2, 0) is 0 Å². The molecule has 2 N–H and O–H groups in total. The van der Waals surface area contributed by atoms with Crippen molar-refractivity contribution in [3.05, 3.63) is 58.0 Å². The van der Waals surface area contributed by atoms with Crippen LogP contribution in [0.5, 0.6) is 11.5 Å². The Bertz CT molecular complexity index is 895. The van der Waals surface area contributed by atoms with Crippen molar-refractivity contribution in [2.45, 2.75) is 6.92 Å². The predicted octanol–water partition coefficient (Wildman–Crippen LogP) is 3.32. The third-order valence-electron chi connectivity index (χ3n) is 3.29. The summed E-state index contributed by atoms with van der Waals surface area (Å²) in [5, 5.41) is 19.3. The van der Waals surface area contributed by atoms with E-state index in [0.29, 0.717) is 11.1 Å². The highest BCUT2D eigenvalue weighted by Crippen LogP contribution is 2.32. The molecule has 1 aromatic heterocycles. The minimum absolute atomic E-state index is 0.0103. The van der Waals surface area contributed by atoms with E-state index in [2.05, 4.69) is 0 Å². The van der Waals surface area contributed by atoms with Crippen LogP contribution in [0.4, 0.5) is 4.39 Å². The highest BCUT2D eigenvalue weighted by molar-refractivity contribution is 5.87. The van der Waals surface area contributed by atoms with Gasteiger partial charge in [-0.25, -0.2) is 4.39 Å². The molecule has 0 saturated carbocycles. The number of hydrogen-bond donors (Lipinski definition) is 2. The normalized spacial score (nSPS) is 11.0. The van der Waals surface area contributed by atoms with Gasteiger partial charge in [-0.3, -0.25) is 4.79 Å². The summed E-state index contributed by atoms with van der Waals surface area (Å²) in [6, 6.07) is 7.85. The fourth-order valence-electron chi connectivity index (χ4n) is 2.25. The van der Waals surface area contributed by atoms with Gasteiger partial charge in [0.2, 0.25) is 0 Å². The van der Waals surface area contributed by atoms with Crippen molar-refractivity contribution in [1.82, 2.24) is 0 Å². The maximum absolute atomic E-state index is 13.0. The Morgan fingerprint density at radius 3 is 2.43 bits per heavy atom. The topological polar surface area (TPSA) is 70.7 Å². The molecule has 106 valence electrons. The number of rotatable bonds is 1. The van der Waals surface area contributed by atoms with Crippen molar-refractivity contribution in [2.24, 2.45) is 0 Å². The van der Waals surface area contributed by atoms with E-state index in [1.165, 1.54) is 30.3 Å². The van der Waals surface area contributed by atoms with Crippen molar-refractivity contribution < 1.29 is 19.0 Å². The van der Waals surface area contributed by atoms with Gasteiger partial charge in [0.15, 0.2) is 5.43 Å². The maximum Gasteiger partial charge on any atom is 0.199 e. The van der Waals surface area contributed by atoms with Gasteiger partial charge in [0.25, 0.3) is 0 Å². The van der Waals surface area contributed by atoms with Crippen LogP contribution in [0.3, 0.4) is 0 Å². The standard InChI is InChI=1S/C16H11FO4/c1-8-15(20)14-12(19)6-11(18)7-13(14)21-16(8)9-2-4-10(17)5-3-9/h2-7,18-19H,1H3. The first-order chi connectivity index (χ1) is 9.97. The summed E-state index contributed by atoms with van der Waals surface area (Å²) in [5.74, 6) is -0.670. The first-order valence-electron chi connectivity index (χ1n) is 6.22. The summed E-state index contributed by atoms with van der Waals surface area (Å²) in [6.45, 7) is 1.57. The van der Waals surface area contributed by atoms with Crippen molar-refractivity contribution in [3.8, 4) is 22.8 Å². The Labute approximate surface area is 118 Å². The third-order valence-corrected chi connectivity index (χ3v) is 3.29. The molecule has 0 bridgehead atoms. The van der Waals surface area contributed by atoms with Gasteiger partial charge in [-0.1, -0.05) is 0 Å². The second-order valence-electron chi connectivity index (χ2n) is 4.73. The summed E-state index contributed by atoms with van der Waals surface area (Å²) >= 11 is 0. The van der Waals surface area contributed by atoms with E-state index in [0.717, 1.165) is 6.07 Å². The number of hydrogen-bond acceptors (Lipinski definition) is 4. The SMILES string of the molecule is Cc1c(-c2ccc(F)cc2)oc2cc(O)cc(O)c2c1=O. The molecule has 0 spiro atoms. The van der Waals surface area contributed by atoms with Gasteiger partial charge in [0, 0.05) is 23.3 Å². The number of halogens is 1. The van der Waals surface area contributed by atoms with Gasteiger partial charge in [0.1, 0.15) is 34.0 Å². The number of phenols is 2. The van der Waals surface area contributed by atoms with Gasteiger partial charge < -0.3 is 14.6 Å². The van der Waals surface area contributed by atoms with Crippen LogP contribution in [-0.4, -0.2) is 10.2 Å². The first kappa shape index (κ1) is 13.2. The third kappa shape index (κ3) is 2.12. The molecule has 0 fully saturated rings. The molecule has 4 nitrogen and oxygen atoms in total. The molecule has 2 aromatic carbocycles. The summed E-state index contributed by atoms with van der Waals surface area (Å²) < 4.78 is 18.6. The molecule has 3 aromatic rings. The molecule has 0 aliphatic rings. The van der Waals surface area contributed by atoms with E-state index in [4.69, 9.17) is 4.42 Å². The lowest BCUT2D eigenvalue weighted by Crippen LogP contribution is -2.07. The molecule has 1 heterocycles.